The zero-order valence-electron chi connectivity index (χ0n) is 33.8. The Balaban J connectivity index is 1.14. The van der Waals surface area contributed by atoms with Crippen molar-refractivity contribution in [2.24, 2.45) is 0 Å². The lowest BCUT2D eigenvalue weighted by Gasteiger charge is -2.39. The molecule has 0 aliphatic carbocycles. The molecule has 56 heavy (non-hydrogen) atoms. The molecule has 5 aromatic rings. The second-order valence-electron chi connectivity index (χ2n) is 15.9. The summed E-state index contributed by atoms with van der Waals surface area (Å²) in [7, 11) is 2.73. The number of carbonyl (C=O) groups excluding carboxylic acids is 1. The number of methoxy groups -OCH3 is 2. The van der Waals surface area contributed by atoms with Crippen LogP contribution in [0.15, 0.2) is 91.1 Å². The summed E-state index contributed by atoms with van der Waals surface area (Å²) in [5.41, 5.74) is 3.97. The fourth-order valence-corrected chi connectivity index (χ4v) is 8.15. The third-order valence-electron chi connectivity index (χ3n) is 10.2. The van der Waals surface area contributed by atoms with Crippen LogP contribution in [0.5, 0.6) is 17.2 Å². The standard InChI is InChI=1S/C44H55N6O5P/c1-44(2,3)31-25-38(42(54-6)40(26-31)56(7,8)52)48-43(51)47-37-16-17-39(36-15-10-9-14-35(36)37)55-34-18-20-45-41(27-34)46-32-13-11-12-30(24-32)19-21-50-23-22-49(4)33(28-50)29-53-5/h9-18,20,24-27,33H,19,21-23,28-29H2,1-8H3,(H,45,46)(H2,47,48,51). The second-order valence-corrected chi connectivity index (χ2v) is 19.0. The van der Waals surface area contributed by atoms with E-state index in [9.17, 15) is 9.36 Å². The third kappa shape index (κ3) is 10.1. The van der Waals surface area contributed by atoms with Gasteiger partial charge in [-0.05, 0) is 85.8 Å². The molecule has 6 rings (SSSR count). The number of urea groups is 1. The van der Waals surface area contributed by atoms with E-state index in [0.29, 0.717) is 45.8 Å². The largest absolute Gasteiger partial charge is 0.494 e. The van der Waals surface area contributed by atoms with Gasteiger partial charge in [0.1, 0.15) is 24.5 Å². The smallest absolute Gasteiger partial charge is 0.323 e. The number of ether oxygens (including phenoxy) is 3. The number of anilines is 4. The van der Waals surface area contributed by atoms with E-state index in [1.54, 1.807) is 26.6 Å². The Hall–Kier alpha value is -4.93. The molecule has 0 saturated carbocycles. The van der Waals surface area contributed by atoms with Crippen molar-refractivity contribution < 1.29 is 23.6 Å². The van der Waals surface area contributed by atoms with Crippen LogP contribution in [0, 0.1) is 0 Å². The molecule has 4 aromatic carbocycles. The Bertz CT molecular complexity index is 2220. The number of carbonyl (C=O) groups is 1. The Morgan fingerprint density at radius 3 is 2.41 bits per heavy atom. The monoisotopic (exact) mass is 778 g/mol. The molecule has 0 radical (unpaired) electrons. The molecule has 0 bridgehead atoms. The molecule has 1 fully saturated rings. The lowest BCUT2D eigenvalue weighted by molar-refractivity contribution is 0.0409. The normalized spacial score (nSPS) is 15.4. The number of hydrogen-bond donors (Lipinski definition) is 3. The maximum Gasteiger partial charge on any atom is 0.323 e. The SMILES string of the molecule is COCC1CN(CCc2cccc(Nc3cc(Oc4ccc(NC(=O)Nc5cc(C(C)(C)C)cc(P(C)(C)=O)c5OC)c5ccccc45)ccn3)c2)CCN1C. The number of pyridine rings is 1. The highest BCUT2D eigenvalue weighted by molar-refractivity contribution is 7.70. The van der Waals surface area contributed by atoms with Crippen molar-refractivity contribution in [2.45, 2.75) is 38.6 Å². The van der Waals surface area contributed by atoms with Gasteiger partial charge in [-0.15, -0.1) is 0 Å². The maximum atomic E-state index is 13.6. The minimum atomic E-state index is -2.73. The van der Waals surface area contributed by atoms with Gasteiger partial charge in [0.25, 0.3) is 0 Å². The number of fused-ring (bicyclic) bond motifs is 1. The van der Waals surface area contributed by atoms with Gasteiger partial charge in [0, 0.05) is 68.1 Å². The van der Waals surface area contributed by atoms with Crippen LogP contribution in [-0.2, 0) is 21.1 Å². The number of nitrogens with one attached hydrogen (secondary N) is 3. The number of amides is 2. The van der Waals surface area contributed by atoms with Crippen molar-refractivity contribution in [3.8, 4) is 17.2 Å². The quantitative estimate of drug-likeness (QED) is 0.101. The van der Waals surface area contributed by atoms with Crippen LogP contribution in [0.3, 0.4) is 0 Å². The van der Waals surface area contributed by atoms with Gasteiger partial charge in [0.05, 0.1) is 30.4 Å². The predicted octanol–water partition coefficient (Wildman–Crippen LogP) is 8.77. The average molecular weight is 779 g/mol. The first-order valence-electron chi connectivity index (χ1n) is 19.0. The highest BCUT2D eigenvalue weighted by Gasteiger charge is 2.27. The summed E-state index contributed by atoms with van der Waals surface area (Å²) in [5.74, 6) is 2.31. The van der Waals surface area contributed by atoms with Gasteiger partial charge in [-0.3, -0.25) is 4.90 Å². The molecule has 1 saturated heterocycles. The summed E-state index contributed by atoms with van der Waals surface area (Å²) in [6.45, 7) is 14.5. The summed E-state index contributed by atoms with van der Waals surface area (Å²) in [6, 6.07) is 27.3. The summed E-state index contributed by atoms with van der Waals surface area (Å²) >= 11 is 0. The summed E-state index contributed by atoms with van der Waals surface area (Å²) in [4.78, 5) is 23.0. The molecular weight excluding hydrogens is 723 g/mol. The van der Waals surface area contributed by atoms with Crippen LogP contribution in [0.25, 0.3) is 10.8 Å². The van der Waals surface area contributed by atoms with Gasteiger partial charge < -0.3 is 39.6 Å². The highest BCUT2D eigenvalue weighted by atomic mass is 31.2. The molecule has 3 N–H and O–H groups in total. The first-order valence-corrected chi connectivity index (χ1v) is 21.6. The molecule has 1 aliphatic heterocycles. The zero-order valence-corrected chi connectivity index (χ0v) is 34.7. The molecule has 2 heterocycles. The molecule has 2 amide bonds. The van der Waals surface area contributed by atoms with E-state index < -0.39 is 13.2 Å². The number of hydrogen-bond acceptors (Lipinski definition) is 9. The fraction of sp³-hybridized carbons (Fsp3) is 0.364. The van der Waals surface area contributed by atoms with E-state index >= 15 is 0 Å². The van der Waals surface area contributed by atoms with Gasteiger partial charge in [-0.2, -0.15) is 0 Å². The number of rotatable bonds is 13. The number of benzene rings is 4. The number of piperazine rings is 1. The van der Waals surface area contributed by atoms with E-state index in [4.69, 9.17) is 14.2 Å². The van der Waals surface area contributed by atoms with Crippen LogP contribution in [0.4, 0.5) is 27.7 Å². The summed E-state index contributed by atoms with van der Waals surface area (Å²) in [5, 5.41) is 11.6. The molecule has 1 aromatic heterocycles. The van der Waals surface area contributed by atoms with Crippen molar-refractivity contribution in [3.05, 3.63) is 102 Å². The van der Waals surface area contributed by atoms with E-state index in [2.05, 4.69) is 76.8 Å². The van der Waals surface area contributed by atoms with Crippen LogP contribution in [0.2, 0.25) is 0 Å². The van der Waals surface area contributed by atoms with Gasteiger partial charge in [-0.1, -0.05) is 57.2 Å². The molecule has 0 spiro atoms. The first kappa shape index (κ1) is 40.7. The van der Waals surface area contributed by atoms with Crippen LogP contribution in [-0.4, -0.2) is 94.2 Å². The van der Waals surface area contributed by atoms with Crippen LogP contribution < -0.4 is 30.7 Å². The lowest BCUT2D eigenvalue weighted by atomic mass is 9.86. The minimum Gasteiger partial charge on any atom is -0.494 e. The molecule has 1 unspecified atom stereocenters. The van der Waals surface area contributed by atoms with E-state index in [1.807, 2.05) is 66.7 Å². The van der Waals surface area contributed by atoms with E-state index in [-0.39, 0.29) is 5.41 Å². The molecule has 12 heteroatoms. The maximum absolute atomic E-state index is 13.6. The van der Waals surface area contributed by atoms with Gasteiger partial charge >= 0.3 is 6.03 Å². The minimum absolute atomic E-state index is 0.244. The number of likely N-dealkylation sites (N-methyl/N-ethyl adjacent to an activating group) is 1. The molecular formula is C44H55N6O5P. The van der Waals surface area contributed by atoms with Crippen molar-refractivity contribution >= 4 is 52.1 Å². The molecule has 11 nitrogen and oxygen atoms in total. The highest BCUT2D eigenvalue weighted by Crippen LogP contribution is 2.43. The number of nitrogens with zero attached hydrogens (tertiary/aromatic N) is 3. The topological polar surface area (TPSA) is 117 Å². The van der Waals surface area contributed by atoms with Crippen molar-refractivity contribution in [2.75, 3.05) is 83.3 Å². The van der Waals surface area contributed by atoms with Gasteiger partial charge in [0.2, 0.25) is 0 Å². The average Bonchev–Trinajstić information content (AvgIpc) is 3.15. The van der Waals surface area contributed by atoms with E-state index in [0.717, 1.165) is 61.2 Å². The fourth-order valence-electron chi connectivity index (χ4n) is 6.99. The van der Waals surface area contributed by atoms with Gasteiger partial charge in [0.15, 0.2) is 5.75 Å². The Morgan fingerprint density at radius 2 is 1.68 bits per heavy atom. The van der Waals surface area contributed by atoms with Crippen molar-refractivity contribution in [3.63, 3.8) is 0 Å². The van der Waals surface area contributed by atoms with Gasteiger partial charge in [-0.25, -0.2) is 9.78 Å². The Morgan fingerprint density at radius 1 is 0.911 bits per heavy atom. The van der Waals surface area contributed by atoms with Crippen molar-refractivity contribution in [1.29, 1.82) is 0 Å². The Kier molecular flexibility index (Phi) is 12.7. The molecule has 296 valence electrons. The first-order chi connectivity index (χ1) is 26.7. The molecule has 1 aliphatic rings. The van der Waals surface area contributed by atoms with Crippen LogP contribution >= 0.6 is 7.14 Å². The van der Waals surface area contributed by atoms with E-state index in [1.165, 1.54) is 12.7 Å². The zero-order chi connectivity index (χ0) is 40.0. The lowest BCUT2D eigenvalue weighted by Crippen LogP contribution is -2.53. The second kappa shape index (κ2) is 17.5. The predicted molar refractivity (Wildman–Crippen MR) is 230 cm³/mol. The Labute approximate surface area is 331 Å². The summed E-state index contributed by atoms with van der Waals surface area (Å²) < 4.78 is 30.9. The third-order valence-corrected chi connectivity index (χ3v) is 11.7. The van der Waals surface area contributed by atoms with Crippen LogP contribution in [0.1, 0.15) is 31.9 Å². The number of aromatic nitrogens is 1. The van der Waals surface area contributed by atoms with Crippen molar-refractivity contribution in [1.82, 2.24) is 14.8 Å². The summed E-state index contributed by atoms with van der Waals surface area (Å²) in [6.07, 6.45) is 2.67. The molecule has 1 atom stereocenters.